The first-order chi connectivity index (χ1) is 8.43. The van der Waals surface area contributed by atoms with Gasteiger partial charge in [0, 0.05) is 11.1 Å². The highest BCUT2D eigenvalue weighted by atomic mass is 14.9. The van der Waals surface area contributed by atoms with E-state index in [-0.39, 0.29) is 0 Å². The molecule has 0 bridgehead atoms. The molecule has 2 nitrogen and oxygen atoms in total. The van der Waals surface area contributed by atoms with Gasteiger partial charge >= 0.3 is 0 Å². The van der Waals surface area contributed by atoms with Crippen LogP contribution >= 0.6 is 0 Å². The number of nitrogens with one attached hydrogen (secondary N) is 1. The minimum atomic E-state index is 0.893. The molecule has 1 aromatic heterocycles. The number of benzene rings is 2. The quantitative estimate of drug-likeness (QED) is 0.701. The fourth-order valence-electron chi connectivity index (χ4n) is 1.77. The molecule has 1 N–H and O–H groups in total. The Morgan fingerprint density at radius 1 is 0.941 bits per heavy atom. The molecule has 0 atom stereocenters. The van der Waals surface area contributed by atoms with E-state index in [1.165, 1.54) is 0 Å². The van der Waals surface area contributed by atoms with Gasteiger partial charge in [0.25, 0.3) is 0 Å². The number of nitrogens with zero attached hydrogens (tertiary/aromatic N) is 1. The molecule has 1 heterocycles. The molecule has 0 unspecified atom stereocenters. The van der Waals surface area contributed by atoms with Crippen LogP contribution in [0.1, 0.15) is 0 Å². The minimum Gasteiger partial charge on any atom is -0.338 e. The maximum Gasteiger partial charge on any atom is 0.137 e. The summed E-state index contributed by atoms with van der Waals surface area (Å²) in [5.74, 6) is 0.893. The molecule has 17 heavy (non-hydrogen) atoms. The number of rotatable bonds is 2. The van der Waals surface area contributed by atoms with Crippen molar-refractivity contribution in [2.24, 2.45) is 0 Å². The van der Waals surface area contributed by atoms with Crippen LogP contribution in [-0.4, -0.2) is 9.97 Å². The van der Waals surface area contributed by atoms with Crippen molar-refractivity contribution in [3.05, 3.63) is 66.9 Å². The van der Waals surface area contributed by atoms with Gasteiger partial charge in [0.15, 0.2) is 0 Å². The van der Waals surface area contributed by atoms with Crippen molar-refractivity contribution in [2.75, 3.05) is 0 Å². The summed E-state index contributed by atoms with van der Waals surface area (Å²) in [5, 5.41) is 0. The van der Waals surface area contributed by atoms with Crippen LogP contribution in [0.3, 0.4) is 0 Å². The molecule has 0 aliphatic rings. The van der Waals surface area contributed by atoms with Crippen LogP contribution < -0.4 is 0 Å². The predicted molar refractivity (Wildman–Crippen MR) is 68.3 cm³/mol. The fourth-order valence-corrected chi connectivity index (χ4v) is 1.77. The van der Waals surface area contributed by atoms with Gasteiger partial charge in [-0.25, -0.2) is 4.98 Å². The van der Waals surface area contributed by atoms with Crippen molar-refractivity contribution >= 4 is 0 Å². The highest BCUT2D eigenvalue weighted by Crippen LogP contribution is 2.21. The van der Waals surface area contributed by atoms with Gasteiger partial charge in [-0.15, -0.1) is 0 Å². The lowest BCUT2D eigenvalue weighted by Gasteiger charge is -1.97. The number of hydrogen-bond donors (Lipinski definition) is 1. The fraction of sp³-hybridized carbons (Fsp3) is 0. The summed E-state index contributed by atoms with van der Waals surface area (Å²) >= 11 is 0. The lowest BCUT2D eigenvalue weighted by Crippen LogP contribution is -1.80. The molecule has 0 saturated heterocycles. The van der Waals surface area contributed by atoms with Crippen LogP contribution in [0.4, 0.5) is 0 Å². The molecule has 3 rings (SSSR count). The van der Waals surface area contributed by atoms with Crippen LogP contribution in [0, 0.1) is 6.07 Å². The second-order valence-corrected chi connectivity index (χ2v) is 3.80. The first-order valence-electron chi connectivity index (χ1n) is 5.50. The molecule has 3 aromatic rings. The topological polar surface area (TPSA) is 28.7 Å². The van der Waals surface area contributed by atoms with E-state index in [4.69, 9.17) is 0 Å². The van der Waals surface area contributed by atoms with Gasteiger partial charge in [0.05, 0.1) is 11.9 Å². The molecule has 2 heteroatoms. The molecular formula is C15H11N2. The van der Waals surface area contributed by atoms with Crippen LogP contribution in [0.25, 0.3) is 22.6 Å². The van der Waals surface area contributed by atoms with Gasteiger partial charge in [-0.05, 0) is 12.1 Å². The molecule has 0 saturated carbocycles. The first kappa shape index (κ1) is 9.85. The molecule has 0 fully saturated rings. The Morgan fingerprint density at radius 2 is 1.76 bits per heavy atom. The minimum absolute atomic E-state index is 0.893. The lowest BCUT2D eigenvalue weighted by atomic mass is 10.2. The summed E-state index contributed by atoms with van der Waals surface area (Å²) in [6.07, 6.45) is 1.85. The molecule has 81 valence electrons. The van der Waals surface area contributed by atoms with Gasteiger partial charge in [0.1, 0.15) is 5.82 Å². The third kappa shape index (κ3) is 1.97. The van der Waals surface area contributed by atoms with E-state index < -0.39 is 0 Å². The van der Waals surface area contributed by atoms with E-state index in [1.807, 2.05) is 60.8 Å². The van der Waals surface area contributed by atoms with Gasteiger partial charge < -0.3 is 4.98 Å². The average molecular weight is 219 g/mol. The highest BCUT2D eigenvalue weighted by molar-refractivity contribution is 5.63. The molecule has 0 amide bonds. The molecular weight excluding hydrogens is 208 g/mol. The normalized spacial score (nSPS) is 10.4. The van der Waals surface area contributed by atoms with Crippen molar-refractivity contribution in [1.29, 1.82) is 0 Å². The van der Waals surface area contributed by atoms with E-state index in [1.54, 1.807) is 0 Å². The Hall–Kier alpha value is -2.35. The van der Waals surface area contributed by atoms with Crippen molar-refractivity contribution in [2.45, 2.75) is 0 Å². The second-order valence-electron chi connectivity index (χ2n) is 3.80. The monoisotopic (exact) mass is 219 g/mol. The molecule has 0 aliphatic heterocycles. The number of aromatic amines is 1. The largest absolute Gasteiger partial charge is 0.338 e. The van der Waals surface area contributed by atoms with Crippen LogP contribution in [-0.2, 0) is 0 Å². The van der Waals surface area contributed by atoms with Crippen LogP contribution in [0.5, 0.6) is 0 Å². The summed E-state index contributed by atoms with van der Waals surface area (Å²) < 4.78 is 0. The zero-order valence-electron chi connectivity index (χ0n) is 9.22. The Bertz CT molecular complexity index is 543. The Kier molecular flexibility index (Phi) is 2.47. The predicted octanol–water partition coefficient (Wildman–Crippen LogP) is 3.54. The maximum atomic E-state index is 4.39. The van der Waals surface area contributed by atoms with Crippen molar-refractivity contribution in [1.82, 2.24) is 9.97 Å². The SMILES string of the molecule is [c]1cccc(-c2cnc(-c3ccccc3)[nH]2)c1. The van der Waals surface area contributed by atoms with E-state index in [0.29, 0.717) is 0 Å². The zero-order chi connectivity index (χ0) is 11.5. The summed E-state index contributed by atoms with van der Waals surface area (Å²) in [6.45, 7) is 0. The van der Waals surface area contributed by atoms with Crippen LogP contribution in [0.2, 0.25) is 0 Å². The van der Waals surface area contributed by atoms with E-state index in [2.05, 4.69) is 16.0 Å². The number of hydrogen-bond acceptors (Lipinski definition) is 1. The number of H-pyrrole nitrogens is 1. The standard InChI is InChI=1S/C15H11N2/c1-3-7-12(8-4-1)14-11-16-15(17-14)13-9-5-2-6-10-13/h1-3,5-11H,(H,16,17). The Labute approximate surface area is 100.0 Å². The Balaban J connectivity index is 1.99. The van der Waals surface area contributed by atoms with Gasteiger partial charge in [-0.2, -0.15) is 0 Å². The first-order valence-corrected chi connectivity index (χ1v) is 5.50. The third-order valence-corrected chi connectivity index (χ3v) is 2.64. The van der Waals surface area contributed by atoms with E-state index in [9.17, 15) is 0 Å². The summed E-state index contributed by atoms with van der Waals surface area (Å²) in [4.78, 5) is 7.71. The van der Waals surface area contributed by atoms with Crippen molar-refractivity contribution in [3.8, 4) is 22.6 Å². The van der Waals surface area contributed by atoms with Gasteiger partial charge in [0.2, 0.25) is 0 Å². The van der Waals surface area contributed by atoms with Gasteiger partial charge in [-0.1, -0.05) is 48.5 Å². The Morgan fingerprint density at radius 3 is 2.53 bits per heavy atom. The molecule has 0 aliphatic carbocycles. The second kappa shape index (κ2) is 4.26. The smallest absolute Gasteiger partial charge is 0.137 e. The van der Waals surface area contributed by atoms with Crippen LogP contribution in [0.15, 0.2) is 60.8 Å². The molecule has 2 aromatic carbocycles. The molecule has 1 radical (unpaired) electrons. The summed E-state index contributed by atoms with van der Waals surface area (Å²) in [7, 11) is 0. The highest BCUT2D eigenvalue weighted by Gasteiger charge is 2.03. The van der Waals surface area contributed by atoms with E-state index in [0.717, 1.165) is 22.6 Å². The van der Waals surface area contributed by atoms with Crippen molar-refractivity contribution in [3.63, 3.8) is 0 Å². The number of aromatic nitrogens is 2. The van der Waals surface area contributed by atoms with Crippen molar-refractivity contribution < 1.29 is 0 Å². The van der Waals surface area contributed by atoms with Gasteiger partial charge in [-0.3, -0.25) is 0 Å². The maximum absolute atomic E-state index is 4.39. The molecule has 0 spiro atoms. The number of imidazole rings is 1. The lowest BCUT2D eigenvalue weighted by molar-refractivity contribution is 1.31. The third-order valence-electron chi connectivity index (χ3n) is 2.64. The average Bonchev–Trinajstić information content (AvgIpc) is 2.90. The van der Waals surface area contributed by atoms with E-state index >= 15 is 0 Å². The summed E-state index contributed by atoms with van der Waals surface area (Å²) in [6, 6.07) is 21.0. The summed E-state index contributed by atoms with van der Waals surface area (Å²) in [5.41, 5.74) is 3.21. The zero-order valence-corrected chi connectivity index (χ0v) is 9.22.